The van der Waals surface area contributed by atoms with E-state index < -0.39 is 4.92 Å². The number of nitrogens with zero attached hydrogens (tertiary/aromatic N) is 2. The van der Waals surface area contributed by atoms with Crippen LogP contribution in [0.1, 0.15) is 12.5 Å². The van der Waals surface area contributed by atoms with Gasteiger partial charge in [0.1, 0.15) is 6.10 Å². The molecule has 0 aromatic heterocycles. The van der Waals surface area contributed by atoms with Crippen LogP contribution in [0.5, 0.6) is 0 Å². The lowest BCUT2D eigenvalue weighted by Crippen LogP contribution is -2.08. The van der Waals surface area contributed by atoms with E-state index in [0.29, 0.717) is 12.4 Å². The first kappa shape index (κ1) is 9.64. The predicted molar refractivity (Wildman–Crippen MR) is 55.0 cm³/mol. The summed E-state index contributed by atoms with van der Waals surface area (Å²) in [6.07, 6.45) is 0.0928. The second-order valence-corrected chi connectivity index (χ2v) is 3.38. The molecule has 1 aliphatic heterocycles. The SMILES string of the molecule is C[C@@H]1CN=C(c2ccc([N+](=O)[O-])cc2)O1. The third-order valence-corrected chi connectivity index (χ3v) is 2.13. The zero-order valence-corrected chi connectivity index (χ0v) is 8.21. The molecule has 1 aliphatic rings. The second kappa shape index (κ2) is 3.68. The van der Waals surface area contributed by atoms with Crippen molar-refractivity contribution in [1.82, 2.24) is 0 Å². The van der Waals surface area contributed by atoms with Gasteiger partial charge < -0.3 is 4.74 Å². The van der Waals surface area contributed by atoms with E-state index in [4.69, 9.17) is 4.74 Å². The van der Waals surface area contributed by atoms with E-state index in [9.17, 15) is 10.1 Å². The van der Waals surface area contributed by atoms with Crippen LogP contribution in [0.25, 0.3) is 0 Å². The van der Waals surface area contributed by atoms with Crippen LogP contribution in [0.2, 0.25) is 0 Å². The molecule has 0 N–H and O–H groups in total. The topological polar surface area (TPSA) is 64.7 Å². The third kappa shape index (κ3) is 1.96. The van der Waals surface area contributed by atoms with E-state index in [1.807, 2.05) is 6.92 Å². The summed E-state index contributed by atoms with van der Waals surface area (Å²) in [5.41, 5.74) is 0.857. The Balaban J connectivity index is 2.21. The van der Waals surface area contributed by atoms with Crippen LogP contribution in [0, 0.1) is 10.1 Å². The molecule has 0 fully saturated rings. The molecule has 2 rings (SSSR count). The fourth-order valence-corrected chi connectivity index (χ4v) is 1.36. The summed E-state index contributed by atoms with van der Waals surface area (Å²) in [5, 5.41) is 10.4. The first-order valence-electron chi connectivity index (χ1n) is 4.63. The number of ether oxygens (including phenoxy) is 1. The molecule has 1 heterocycles. The minimum Gasteiger partial charge on any atom is -0.472 e. The van der Waals surface area contributed by atoms with Crippen LogP contribution in [0.4, 0.5) is 5.69 Å². The van der Waals surface area contributed by atoms with Gasteiger partial charge in [0, 0.05) is 17.7 Å². The molecule has 0 saturated carbocycles. The molecule has 0 saturated heterocycles. The van der Waals surface area contributed by atoms with Gasteiger partial charge in [-0.25, -0.2) is 4.99 Å². The van der Waals surface area contributed by atoms with Crippen molar-refractivity contribution in [3.8, 4) is 0 Å². The van der Waals surface area contributed by atoms with Crippen molar-refractivity contribution >= 4 is 11.6 Å². The molecule has 0 amide bonds. The summed E-state index contributed by atoms with van der Waals surface area (Å²) in [6.45, 7) is 2.58. The van der Waals surface area contributed by atoms with Crippen molar-refractivity contribution in [2.24, 2.45) is 4.99 Å². The maximum absolute atomic E-state index is 10.4. The van der Waals surface area contributed by atoms with Crippen LogP contribution in [-0.4, -0.2) is 23.5 Å². The third-order valence-electron chi connectivity index (χ3n) is 2.13. The Bertz CT molecular complexity index is 411. The summed E-state index contributed by atoms with van der Waals surface area (Å²) < 4.78 is 5.43. The zero-order valence-electron chi connectivity index (χ0n) is 8.21. The van der Waals surface area contributed by atoms with Crippen LogP contribution in [0.3, 0.4) is 0 Å². The van der Waals surface area contributed by atoms with E-state index in [0.717, 1.165) is 5.56 Å². The van der Waals surface area contributed by atoms with E-state index in [1.165, 1.54) is 12.1 Å². The van der Waals surface area contributed by atoms with E-state index in [-0.39, 0.29) is 11.8 Å². The summed E-state index contributed by atoms with van der Waals surface area (Å²) in [6, 6.07) is 6.19. The molecule has 1 aromatic rings. The summed E-state index contributed by atoms with van der Waals surface area (Å²) in [5.74, 6) is 0.567. The molecular weight excluding hydrogens is 196 g/mol. The van der Waals surface area contributed by atoms with Crippen molar-refractivity contribution < 1.29 is 9.66 Å². The molecule has 0 bridgehead atoms. The maximum atomic E-state index is 10.4. The monoisotopic (exact) mass is 206 g/mol. The van der Waals surface area contributed by atoms with Gasteiger partial charge in [0.05, 0.1) is 11.5 Å². The van der Waals surface area contributed by atoms with Crippen LogP contribution in [-0.2, 0) is 4.74 Å². The van der Waals surface area contributed by atoms with Gasteiger partial charge in [0.15, 0.2) is 0 Å². The number of hydrogen-bond acceptors (Lipinski definition) is 4. The lowest BCUT2D eigenvalue weighted by Gasteiger charge is -2.04. The van der Waals surface area contributed by atoms with E-state index >= 15 is 0 Å². The normalized spacial score (nSPS) is 19.5. The Morgan fingerprint density at radius 1 is 1.47 bits per heavy atom. The maximum Gasteiger partial charge on any atom is 0.269 e. The average Bonchev–Trinajstić information content (AvgIpc) is 2.65. The highest BCUT2D eigenvalue weighted by atomic mass is 16.6. The van der Waals surface area contributed by atoms with E-state index in [1.54, 1.807) is 12.1 Å². The second-order valence-electron chi connectivity index (χ2n) is 3.38. The minimum atomic E-state index is -0.427. The van der Waals surface area contributed by atoms with Crippen LogP contribution >= 0.6 is 0 Å². The van der Waals surface area contributed by atoms with Crippen molar-refractivity contribution in [3.05, 3.63) is 39.9 Å². The first-order valence-corrected chi connectivity index (χ1v) is 4.63. The fourth-order valence-electron chi connectivity index (χ4n) is 1.36. The van der Waals surface area contributed by atoms with Gasteiger partial charge in [-0.05, 0) is 19.1 Å². The molecule has 0 radical (unpaired) electrons. The fraction of sp³-hybridized carbons (Fsp3) is 0.300. The lowest BCUT2D eigenvalue weighted by molar-refractivity contribution is -0.384. The van der Waals surface area contributed by atoms with Gasteiger partial charge in [-0.1, -0.05) is 0 Å². The molecule has 0 spiro atoms. The Hall–Kier alpha value is -1.91. The Kier molecular flexibility index (Phi) is 2.37. The predicted octanol–water partition coefficient (Wildman–Crippen LogP) is 1.76. The Morgan fingerprint density at radius 3 is 2.60 bits per heavy atom. The van der Waals surface area contributed by atoms with Gasteiger partial charge in [0.25, 0.3) is 5.69 Å². The van der Waals surface area contributed by atoms with Crippen LogP contribution in [0.15, 0.2) is 29.3 Å². The number of non-ortho nitro benzene ring substituents is 1. The van der Waals surface area contributed by atoms with Crippen molar-refractivity contribution in [2.45, 2.75) is 13.0 Å². The number of aliphatic imine (C=N–C) groups is 1. The summed E-state index contributed by atoms with van der Waals surface area (Å²) in [7, 11) is 0. The smallest absolute Gasteiger partial charge is 0.269 e. The number of benzene rings is 1. The number of nitro groups is 1. The standard InChI is InChI=1S/C10H10N2O3/c1-7-6-11-10(15-7)8-2-4-9(5-3-8)12(13)14/h2-5,7H,6H2,1H3/t7-/m1/s1. The van der Waals surface area contributed by atoms with Crippen molar-refractivity contribution in [2.75, 3.05) is 6.54 Å². The number of nitro benzene ring substituents is 1. The highest BCUT2D eigenvalue weighted by molar-refractivity contribution is 5.95. The summed E-state index contributed by atoms with van der Waals surface area (Å²) in [4.78, 5) is 14.2. The van der Waals surface area contributed by atoms with E-state index in [2.05, 4.69) is 4.99 Å². The minimum absolute atomic E-state index is 0.0744. The number of rotatable bonds is 2. The van der Waals surface area contributed by atoms with Gasteiger partial charge in [0.2, 0.25) is 5.90 Å². The molecule has 1 aromatic carbocycles. The van der Waals surface area contributed by atoms with Gasteiger partial charge in [-0.15, -0.1) is 0 Å². The molecule has 78 valence electrons. The molecular formula is C10H10N2O3. The summed E-state index contributed by atoms with van der Waals surface area (Å²) >= 11 is 0. The Labute approximate surface area is 86.5 Å². The van der Waals surface area contributed by atoms with Gasteiger partial charge in [-0.3, -0.25) is 10.1 Å². The molecule has 1 atom stereocenters. The molecule has 0 unspecified atom stereocenters. The van der Waals surface area contributed by atoms with Crippen molar-refractivity contribution in [3.63, 3.8) is 0 Å². The highest BCUT2D eigenvalue weighted by Gasteiger charge is 2.17. The van der Waals surface area contributed by atoms with Gasteiger partial charge >= 0.3 is 0 Å². The molecule has 0 aliphatic carbocycles. The van der Waals surface area contributed by atoms with Crippen molar-refractivity contribution in [1.29, 1.82) is 0 Å². The van der Waals surface area contributed by atoms with Gasteiger partial charge in [-0.2, -0.15) is 0 Å². The zero-order chi connectivity index (χ0) is 10.8. The molecule has 15 heavy (non-hydrogen) atoms. The highest BCUT2D eigenvalue weighted by Crippen LogP contribution is 2.16. The molecule has 5 nitrogen and oxygen atoms in total. The first-order chi connectivity index (χ1) is 7.16. The Morgan fingerprint density at radius 2 is 2.13 bits per heavy atom. The number of hydrogen-bond donors (Lipinski definition) is 0. The quantitative estimate of drug-likeness (QED) is 0.547. The largest absolute Gasteiger partial charge is 0.472 e. The van der Waals surface area contributed by atoms with Crippen LogP contribution < -0.4 is 0 Å². The molecule has 5 heteroatoms. The average molecular weight is 206 g/mol. The lowest BCUT2D eigenvalue weighted by atomic mass is 10.2.